The second-order valence-electron chi connectivity index (χ2n) is 5.70. The van der Waals surface area contributed by atoms with Crippen molar-refractivity contribution >= 4 is 35.7 Å². The SMILES string of the molecule is O=CC(C1CC1)C1(C(F)(F)F)N=CC(=O)Nc2ccc(Cl)cc21. The van der Waals surface area contributed by atoms with Crippen molar-refractivity contribution in [2.75, 3.05) is 5.32 Å². The fourth-order valence-electron chi connectivity index (χ4n) is 3.02. The number of hydrogen-bond donors (Lipinski definition) is 1. The van der Waals surface area contributed by atoms with E-state index in [4.69, 9.17) is 11.6 Å². The molecule has 0 radical (unpaired) electrons. The molecule has 1 aromatic carbocycles. The second kappa shape index (κ2) is 5.33. The molecule has 0 bridgehead atoms. The van der Waals surface area contributed by atoms with Gasteiger partial charge in [-0.05, 0) is 37.0 Å². The van der Waals surface area contributed by atoms with Gasteiger partial charge in [0.1, 0.15) is 6.29 Å². The van der Waals surface area contributed by atoms with Crippen molar-refractivity contribution in [2.45, 2.75) is 24.6 Å². The Morgan fingerprint density at radius 1 is 1.39 bits per heavy atom. The van der Waals surface area contributed by atoms with Gasteiger partial charge < -0.3 is 10.1 Å². The molecule has 3 rings (SSSR count). The summed E-state index contributed by atoms with van der Waals surface area (Å²) in [5.41, 5.74) is -3.15. The first-order chi connectivity index (χ1) is 10.8. The maximum Gasteiger partial charge on any atom is 0.418 e. The summed E-state index contributed by atoms with van der Waals surface area (Å²) in [4.78, 5) is 26.8. The number of anilines is 1. The molecule has 23 heavy (non-hydrogen) atoms. The van der Waals surface area contributed by atoms with E-state index >= 15 is 0 Å². The highest BCUT2D eigenvalue weighted by Gasteiger charge is 2.65. The number of carbonyl (C=O) groups is 2. The molecule has 0 spiro atoms. The number of fused-ring (bicyclic) bond motifs is 1. The summed E-state index contributed by atoms with van der Waals surface area (Å²) in [6.45, 7) is 0. The molecule has 1 N–H and O–H groups in total. The molecule has 4 nitrogen and oxygen atoms in total. The number of aliphatic imine (C=N–C) groups is 1. The lowest BCUT2D eigenvalue weighted by atomic mass is 9.75. The van der Waals surface area contributed by atoms with Crippen molar-refractivity contribution in [3.05, 3.63) is 28.8 Å². The molecule has 1 saturated carbocycles. The quantitative estimate of drug-likeness (QED) is 0.855. The first kappa shape index (κ1) is 16.0. The highest BCUT2D eigenvalue weighted by atomic mass is 35.5. The van der Waals surface area contributed by atoms with Gasteiger partial charge in [-0.2, -0.15) is 13.2 Å². The van der Waals surface area contributed by atoms with Gasteiger partial charge in [-0.1, -0.05) is 11.6 Å². The molecule has 0 aromatic heterocycles. The van der Waals surface area contributed by atoms with Gasteiger partial charge in [0.25, 0.3) is 5.91 Å². The minimum absolute atomic E-state index is 0.0401. The van der Waals surface area contributed by atoms with Crippen LogP contribution in [0.15, 0.2) is 23.2 Å². The Bertz CT molecular complexity index is 700. The Morgan fingerprint density at radius 2 is 2.09 bits per heavy atom. The third kappa shape index (κ3) is 2.52. The summed E-state index contributed by atoms with van der Waals surface area (Å²) in [7, 11) is 0. The molecule has 1 aliphatic heterocycles. The molecular weight excluding hydrogens is 333 g/mol. The third-order valence-corrected chi connectivity index (χ3v) is 4.46. The van der Waals surface area contributed by atoms with Gasteiger partial charge in [0, 0.05) is 16.3 Å². The molecule has 122 valence electrons. The third-order valence-electron chi connectivity index (χ3n) is 4.23. The number of carbonyl (C=O) groups excluding carboxylic acids is 2. The van der Waals surface area contributed by atoms with E-state index in [-0.39, 0.29) is 16.3 Å². The van der Waals surface area contributed by atoms with Crippen molar-refractivity contribution in [3.8, 4) is 0 Å². The molecule has 2 unspecified atom stereocenters. The van der Waals surface area contributed by atoms with Crippen LogP contribution in [0.4, 0.5) is 18.9 Å². The van der Waals surface area contributed by atoms with Crippen LogP contribution in [0.5, 0.6) is 0 Å². The number of amides is 1. The van der Waals surface area contributed by atoms with E-state index in [9.17, 15) is 22.8 Å². The van der Waals surface area contributed by atoms with E-state index in [0.717, 1.165) is 6.07 Å². The normalized spacial score (nSPS) is 25.3. The first-order valence-corrected chi connectivity index (χ1v) is 7.35. The van der Waals surface area contributed by atoms with Crippen LogP contribution >= 0.6 is 11.6 Å². The Hall–Kier alpha value is -1.89. The second-order valence-corrected chi connectivity index (χ2v) is 6.14. The minimum Gasteiger partial charge on any atom is -0.321 e. The number of hydrogen-bond acceptors (Lipinski definition) is 3. The molecule has 1 amide bonds. The Morgan fingerprint density at radius 3 is 2.65 bits per heavy atom. The van der Waals surface area contributed by atoms with E-state index in [1.165, 1.54) is 12.1 Å². The maximum absolute atomic E-state index is 14.1. The molecule has 2 atom stereocenters. The average Bonchev–Trinajstić information content (AvgIpc) is 3.28. The Kier molecular flexibility index (Phi) is 3.71. The fraction of sp³-hybridized carbons (Fsp3) is 0.400. The van der Waals surface area contributed by atoms with Gasteiger partial charge in [-0.15, -0.1) is 0 Å². The summed E-state index contributed by atoms with van der Waals surface area (Å²) < 4.78 is 42.3. The number of aldehydes is 1. The van der Waals surface area contributed by atoms with Crippen LogP contribution in [0, 0.1) is 11.8 Å². The van der Waals surface area contributed by atoms with Crippen molar-refractivity contribution in [1.29, 1.82) is 0 Å². The number of nitrogens with zero attached hydrogens (tertiary/aromatic N) is 1. The maximum atomic E-state index is 14.1. The lowest BCUT2D eigenvalue weighted by molar-refractivity contribution is -0.204. The molecule has 1 aromatic rings. The van der Waals surface area contributed by atoms with Crippen LogP contribution in [0.25, 0.3) is 0 Å². The van der Waals surface area contributed by atoms with Crippen molar-refractivity contribution in [1.82, 2.24) is 0 Å². The number of halogens is 4. The summed E-state index contributed by atoms with van der Waals surface area (Å²) >= 11 is 5.87. The smallest absolute Gasteiger partial charge is 0.321 e. The molecule has 1 heterocycles. The van der Waals surface area contributed by atoms with Crippen molar-refractivity contribution in [2.24, 2.45) is 16.8 Å². The summed E-state index contributed by atoms with van der Waals surface area (Å²) in [6, 6.07) is 3.78. The monoisotopic (exact) mass is 344 g/mol. The van der Waals surface area contributed by atoms with Crippen LogP contribution in [0.3, 0.4) is 0 Å². The average molecular weight is 345 g/mol. The standard InChI is InChI=1S/C15H12ClF3N2O2/c16-9-3-4-12-10(5-9)14(15(17,18)19,20-6-13(23)21-12)11(7-22)8-1-2-8/h3-8,11H,1-2H2,(H,21,23). The van der Waals surface area contributed by atoms with E-state index in [1.807, 2.05) is 0 Å². The minimum atomic E-state index is -4.86. The summed E-state index contributed by atoms with van der Waals surface area (Å²) in [5.74, 6) is -2.59. The number of rotatable bonds is 3. The number of nitrogens with one attached hydrogen (secondary N) is 1. The largest absolute Gasteiger partial charge is 0.418 e. The Labute approximate surface area is 134 Å². The first-order valence-electron chi connectivity index (χ1n) is 6.98. The van der Waals surface area contributed by atoms with Crippen molar-refractivity contribution in [3.63, 3.8) is 0 Å². The lowest BCUT2D eigenvalue weighted by Gasteiger charge is -2.37. The van der Waals surface area contributed by atoms with Crippen LogP contribution in [0.1, 0.15) is 18.4 Å². The molecule has 1 aliphatic carbocycles. The fourth-order valence-corrected chi connectivity index (χ4v) is 3.19. The van der Waals surface area contributed by atoms with Gasteiger partial charge in [-0.25, -0.2) is 0 Å². The number of alkyl halides is 3. The molecule has 2 aliphatic rings. The van der Waals surface area contributed by atoms with Gasteiger partial charge >= 0.3 is 6.18 Å². The molecule has 1 fully saturated rings. The summed E-state index contributed by atoms with van der Waals surface area (Å²) in [5, 5.41) is 2.43. The Balaban J connectivity index is 2.33. The zero-order valence-electron chi connectivity index (χ0n) is 11.7. The van der Waals surface area contributed by atoms with E-state index < -0.39 is 29.5 Å². The molecule has 8 heteroatoms. The molecular formula is C15H12ClF3N2O2. The predicted octanol–water partition coefficient (Wildman–Crippen LogP) is 3.35. The molecule has 0 saturated heterocycles. The van der Waals surface area contributed by atoms with E-state index in [0.29, 0.717) is 25.3 Å². The van der Waals surface area contributed by atoms with E-state index in [2.05, 4.69) is 10.3 Å². The topological polar surface area (TPSA) is 58.5 Å². The van der Waals surface area contributed by atoms with Gasteiger partial charge in [-0.3, -0.25) is 9.79 Å². The van der Waals surface area contributed by atoms with Crippen LogP contribution < -0.4 is 5.32 Å². The van der Waals surface area contributed by atoms with Gasteiger partial charge in [0.2, 0.25) is 0 Å². The summed E-state index contributed by atoms with van der Waals surface area (Å²) in [6.07, 6.45) is -2.92. The van der Waals surface area contributed by atoms with Gasteiger partial charge in [0.05, 0.1) is 12.1 Å². The predicted molar refractivity (Wildman–Crippen MR) is 78.6 cm³/mol. The highest BCUT2D eigenvalue weighted by Crippen LogP contribution is 2.56. The zero-order chi connectivity index (χ0) is 16.8. The van der Waals surface area contributed by atoms with Crippen LogP contribution in [-0.2, 0) is 15.1 Å². The van der Waals surface area contributed by atoms with Gasteiger partial charge in [0.15, 0.2) is 5.54 Å². The van der Waals surface area contributed by atoms with E-state index in [1.54, 1.807) is 0 Å². The number of benzene rings is 1. The zero-order valence-corrected chi connectivity index (χ0v) is 12.5. The lowest BCUT2D eigenvalue weighted by Crippen LogP contribution is -2.48. The van der Waals surface area contributed by atoms with Crippen LogP contribution in [0.2, 0.25) is 5.02 Å². The van der Waals surface area contributed by atoms with Crippen LogP contribution in [-0.4, -0.2) is 24.6 Å². The highest BCUT2D eigenvalue weighted by molar-refractivity contribution is 6.33. The van der Waals surface area contributed by atoms with Crippen molar-refractivity contribution < 1.29 is 22.8 Å².